The van der Waals surface area contributed by atoms with E-state index in [2.05, 4.69) is 36.1 Å². The van der Waals surface area contributed by atoms with Crippen LogP contribution in [0.1, 0.15) is 32.6 Å². The maximum Gasteiger partial charge on any atom is 0.0472 e. The zero-order chi connectivity index (χ0) is 14.4. The van der Waals surface area contributed by atoms with Gasteiger partial charge in [0.15, 0.2) is 0 Å². The van der Waals surface area contributed by atoms with E-state index in [1.165, 1.54) is 45.3 Å². The van der Waals surface area contributed by atoms with E-state index in [9.17, 15) is 0 Å². The van der Waals surface area contributed by atoms with Crippen molar-refractivity contribution >= 4 is 0 Å². The predicted molar refractivity (Wildman–Crippen MR) is 84.2 cm³/mol. The van der Waals surface area contributed by atoms with Crippen molar-refractivity contribution in [3.05, 3.63) is 0 Å². The molecule has 20 heavy (non-hydrogen) atoms. The van der Waals surface area contributed by atoms with Gasteiger partial charge in [-0.1, -0.05) is 6.92 Å². The highest BCUT2D eigenvalue weighted by molar-refractivity contribution is 4.89. The standard InChI is InChI=1S/C16H33N3O/c1-4-17-13-16(7-10-20-11-8-16)14-19-9-5-6-15(12-19)18(2)3/h15,17H,4-14H2,1-3H3. The van der Waals surface area contributed by atoms with Crippen LogP contribution in [0.15, 0.2) is 0 Å². The fraction of sp³-hybridized carbons (Fsp3) is 1.00. The van der Waals surface area contributed by atoms with Gasteiger partial charge < -0.3 is 19.9 Å². The minimum atomic E-state index is 0.433. The van der Waals surface area contributed by atoms with Crippen molar-refractivity contribution < 1.29 is 4.74 Å². The molecule has 0 aromatic heterocycles. The van der Waals surface area contributed by atoms with Gasteiger partial charge in [0.2, 0.25) is 0 Å². The van der Waals surface area contributed by atoms with Crippen molar-refractivity contribution in [2.24, 2.45) is 5.41 Å². The van der Waals surface area contributed by atoms with Crippen LogP contribution in [0.4, 0.5) is 0 Å². The summed E-state index contributed by atoms with van der Waals surface area (Å²) < 4.78 is 5.60. The van der Waals surface area contributed by atoms with Gasteiger partial charge in [0.25, 0.3) is 0 Å². The molecule has 2 aliphatic rings. The quantitative estimate of drug-likeness (QED) is 0.798. The molecule has 1 atom stereocenters. The first-order valence-electron chi connectivity index (χ1n) is 8.32. The Hall–Kier alpha value is -0.160. The van der Waals surface area contributed by atoms with E-state index in [1.54, 1.807) is 0 Å². The first-order chi connectivity index (χ1) is 9.65. The van der Waals surface area contributed by atoms with E-state index in [-0.39, 0.29) is 0 Å². The molecule has 1 unspecified atom stereocenters. The van der Waals surface area contributed by atoms with Crippen molar-refractivity contribution in [2.75, 3.05) is 60.0 Å². The molecule has 2 heterocycles. The fourth-order valence-corrected chi connectivity index (χ4v) is 3.66. The smallest absolute Gasteiger partial charge is 0.0472 e. The fourth-order valence-electron chi connectivity index (χ4n) is 3.66. The number of hydrogen-bond donors (Lipinski definition) is 1. The third-order valence-corrected chi connectivity index (χ3v) is 5.07. The average molecular weight is 283 g/mol. The zero-order valence-corrected chi connectivity index (χ0v) is 13.7. The molecule has 118 valence electrons. The number of likely N-dealkylation sites (N-methyl/N-ethyl adjacent to an activating group) is 1. The number of rotatable bonds is 6. The summed E-state index contributed by atoms with van der Waals surface area (Å²) in [6.45, 7) is 10.1. The third kappa shape index (κ3) is 4.42. The lowest BCUT2D eigenvalue weighted by atomic mass is 9.79. The number of nitrogens with zero attached hydrogens (tertiary/aromatic N) is 2. The summed E-state index contributed by atoms with van der Waals surface area (Å²) in [4.78, 5) is 5.10. The van der Waals surface area contributed by atoms with E-state index < -0.39 is 0 Å². The molecule has 2 aliphatic heterocycles. The molecule has 0 spiro atoms. The molecule has 4 nitrogen and oxygen atoms in total. The lowest BCUT2D eigenvalue weighted by Crippen LogP contribution is -2.52. The van der Waals surface area contributed by atoms with Crippen molar-refractivity contribution in [2.45, 2.75) is 38.6 Å². The molecule has 0 aromatic rings. The molecule has 0 amide bonds. The summed E-state index contributed by atoms with van der Waals surface area (Å²) >= 11 is 0. The topological polar surface area (TPSA) is 27.7 Å². The molecule has 4 heteroatoms. The van der Waals surface area contributed by atoms with E-state index in [4.69, 9.17) is 4.74 Å². The molecule has 2 rings (SSSR count). The van der Waals surface area contributed by atoms with E-state index >= 15 is 0 Å². The summed E-state index contributed by atoms with van der Waals surface area (Å²) in [5, 5.41) is 3.59. The van der Waals surface area contributed by atoms with Gasteiger partial charge in [-0.2, -0.15) is 0 Å². The van der Waals surface area contributed by atoms with Crippen LogP contribution in [0.3, 0.4) is 0 Å². The Balaban J connectivity index is 1.92. The molecule has 0 radical (unpaired) electrons. The zero-order valence-electron chi connectivity index (χ0n) is 13.7. The van der Waals surface area contributed by atoms with Crippen LogP contribution in [-0.4, -0.2) is 75.9 Å². The van der Waals surface area contributed by atoms with Gasteiger partial charge in [-0.15, -0.1) is 0 Å². The number of hydrogen-bond acceptors (Lipinski definition) is 4. The van der Waals surface area contributed by atoms with Gasteiger partial charge >= 0.3 is 0 Å². The third-order valence-electron chi connectivity index (χ3n) is 5.07. The highest BCUT2D eigenvalue weighted by Gasteiger charge is 2.35. The summed E-state index contributed by atoms with van der Waals surface area (Å²) in [6, 6.07) is 0.736. The normalized spacial score (nSPS) is 27.9. The van der Waals surface area contributed by atoms with Crippen molar-refractivity contribution in [1.82, 2.24) is 15.1 Å². The highest BCUT2D eigenvalue weighted by atomic mass is 16.5. The largest absolute Gasteiger partial charge is 0.381 e. The van der Waals surface area contributed by atoms with Crippen LogP contribution in [0.5, 0.6) is 0 Å². The van der Waals surface area contributed by atoms with Gasteiger partial charge in [-0.05, 0) is 58.3 Å². The number of piperidine rings is 1. The van der Waals surface area contributed by atoms with Crippen LogP contribution in [0, 0.1) is 5.41 Å². The maximum atomic E-state index is 5.60. The Labute approximate surface area is 124 Å². The molecule has 2 fully saturated rings. The first-order valence-corrected chi connectivity index (χ1v) is 8.32. The summed E-state index contributed by atoms with van der Waals surface area (Å²) in [5.74, 6) is 0. The van der Waals surface area contributed by atoms with Crippen LogP contribution in [0.25, 0.3) is 0 Å². The molecule has 0 aliphatic carbocycles. The van der Waals surface area contributed by atoms with Crippen molar-refractivity contribution in [3.63, 3.8) is 0 Å². The summed E-state index contributed by atoms with van der Waals surface area (Å²) in [6.07, 6.45) is 5.12. The number of nitrogens with one attached hydrogen (secondary N) is 1. The van der Waals surface area contributed by atoms with E-state index in [1.807, 2.05) is 0 Å². The van der Waals surface area contributed by atoms with E-state index in [0.717, 1.165) is 32.3 Å². The Morgan fingerprint density at radius 3 is 2.70 bits per heavy atom. The number of ether oxygens (including phenoxy) is 1. The Morgan fingerprint density at radius 2 is 2.05 bits per heavy atom. The minimum absolute atomic E-state index is 0.433. The molecule has 0 saturated carbocycles. The lowest BCUT2D eigenvalue weighted by molar-refractivity contribution is -0.0125. The first kappa shape index (κ1) is 16.2. The Kier molecular flexibility index (Phi) is 6.27. The molecular formula is C16H33N3O. The van der Waals surface area contributed by atoms with Crippen LogP contribution in [0.2, 0.25) is 0 Å². The van der Waals surface area contributed by atoms with Gasteiger partial charge in [0, 0.05) is 38.9 Å². The number of likely N-dealkylation sites (tertiary alicyclic amines) is 1. The van der Waals surface area contributed by atoms with Gasteiger partial charge in [0.05, 0.1) is 0 Å². The monoisotopic (exact) mass is 283 g/mol. The average Bonchev–Trinajstić information content (AvgIpc) is 2.46. The minimum Gasteiger partial charge on any atom is -0.381 e. The predicted octanol–water partition coefficient (Wildman–Crippen LogP) is 1.42. The van der Waals surface area contributed by atoms with E-state index in [0.29, 0.717) is 5.41 Å². The Bertz CT molecular complexity index is 277. The van der Waals surface area contributed by atoms with Crippen molar-refractivity contribution in [1.29, 1.82) is 0 Å². The summed E-state index contributed by atoms with van der Waals surface area (Å²) in [7, 11) is 4.44. The molecule has 2 saturated heterocycles. The van der Waals surface area contributed by atoms with Gasteiger partial charge in [-0.25, -0.2) is 0 Å². The van der Waals surface area contributed by atoms with Gasteiger partial charge in [-0.3, -0.25) is 0 Å². The molecular weight excluding hydrogens is 250 g/mol. The highest BCUT2D eigenvalue weighted by Crippen LogP contribution is 2.32. The van der Waals surface area contributed by atoms with Crippen LogP contribution in [-0.2, 0) is 4.74 Å². The van der Waals surface area contributed by atoms with Crippen molar-refractivity contribution in [3.8, 4) is 0 Å². The summed E-state index contributed by atoms with van der Waals surface area (Å²) in [5.41, 5.74) is 0.433. The lowest BCUT2D eigenvalue weighted by Gasteiger charge is -2.44. The van der Waals surface area contributed by atoms with Gasteiger partial charge in [0.1, 0.15) is 0 Å². The molecule has 0 aromatic carbocycles. The molecule has 1 N–H and O–H groups in total. The van der Waals surface area contributed by atoms with Crippen LogP contribution >= 0.6 is 0 Å². The SMILES string of the molecule is CCNCC1(CN2CCCC(N(C)C)C2)CCOCC1. The Morgan fingerprint density at radius 1 is 1.30 bits per heavy atom. The van der Waals surface area contributed by atoms with Crippen LogP contribution < -0.4 is 5.32 Å². The second-order valence-corrected chi connectivity index (χ2v) is 6.89. The molecule has 0 bridgehead atoms. The second kappa shape index (κ2) is 7.74. The maximum absolute atomic E-state index is 5.60. The second-order valence-electron chi connectivity index (χ2n) is 6.89.